The van der Waals surface area contributed by atoms with E-state index in [1.54, 1.807) is 23.1 Å². The Bertz CT molecular complexity index is 908. The van der Waals surface area contributed by atoms with Crippen molar-refractivity contribution >= 4 is 34.6 Å². The first-order chi connectivity index (χ1) is 14.0. The smallest absolute Gasteiger partial charge is 0.263 e. The largest absolute Gasteiger partial charge is 0.338 e. The Hall–Kier alpha value is -2.98. The first-order valence-electron chi connectivity index (χ1n) is 9.69. The molecule has 0 bridgehead atoms. The topological polar surface area (TPSA) is 90.3 Å². The lowest BCUT2D eigenvalue weighted by Gasteiger charge is -2.31. The van der Waals surface area contributed by atoms with E-state index >= 15 is 0 Å². The van der Waals surface area contributed by atoms with E-state index in [4.69, 9.17) is 0 Å². The lowest BCUT2D eigenvalue weighted by molar-refractivity contribution is -0.132. The van der Waals surface area contributed by atoms with Gasteiger partial charge in [-0.3, -0.25) is 14.4 Å². The van der Waals surface area contributed by atoms with Crippen LogP contribution in [-0.4, -0.2) is 35.6 Å². The normalized spacial score (nSPS) is 15.4. The first-order valence-corrected chi connectivity index (χ1v) is 10.6. The maximum Gasteiger partial charge on any atom is 0.263 e. The molecule has 1 aliphatic rings. The Kier molecular flexibility index (Phi) is 6.78. The van der Waals surface area contributed by atoms with E-state index in [1.165, 1.54) is 11.3 Å². The number of nitriles is 1. The number of carbonyl (C=O) groups is 3. The van der Waals surface area contributed by atoms with Crippen LogP contribution in [0.25, 0.3) is 0 Å². The summed E-state index contributed by atoms with van der Waals surface area (Å²) in [6.45, 7) is 2.94. The first kappa shape index (κ1) is 20.7. The predicted molar refractivity (Wildman–Crippen MR) is 112 cm³/mol. The predicted octanol–water partition coefficient (Wildman–Crippen LogP) is 3.51. The molecule has 6 nitrogen and oxygen atoms in total. The number of piperidine rings is 1. The van der Waals surface area contributed by atoms with Crippen LogP contribution in [-0.2, 0) is 16.0 Å². The van der Waals surface area contributed by atoms with E-state index in [9.17, 15) is 19.6 Å². The van der Waals surface area contributed by atoms with Gasteiger partial charge in [0.1, 0.15) is 0 Å². The van der Waals surface area contributed by atoms with Crippen LogP contribution in [0.15, 0.2) is 41.8 Å². The number of Topliss-reactive ketones (excluding diaryl/α,β-unsaturated/α-hetero) is 1. The summed E-state index contributed by atoms with van der Waals surface area (Å²) in [5.41, 5.74) is 1.70. The van der Waals surface area contributed by atoms with Crippen molar-refractivity contribution in [2.45, 2.75) is 26.2 Å². The second-order valence-electron chi connectivity index (χ2n) is 7.05. The molecule has 2 amide bonds. The molecular formula is C22H23N3O3S. The number of aryl methyl sites for hydroxylation is 1. The number of carbonyl (C=O) groups excluding carboxylic acids is 3. The van der Waals surface area contributed by atoms with Crippen molar-refractivity contribution in [2.24, 2.45) is 11.8 Å². The molecule has 29 heavy (non-hydrogen) atoms. The highest BCUT2D eigenvalue weighted by atomic mass is 32.1. The van der Waals surface area contributed by atoms with Crippen molar-refractivity contribution in [3.63, 3.8) is 0 Å². The molecule has 0 radical (unpaired) electrons. The molecule has 1 aliphatic heterocycles. The Morgan fingerprint density at radius 3 is 2.45 bits per heavy atom. The van der Waals surface area contributed by atoms with E-state index in [-0.39, 0.29) is 17.6 Å². The zero-order valence-electron chi connectivity index (χ0n) is 16.3. The van der Waals surface area contributed by atoms with Crippen LogP contribution in [0.2, 0.25) is 0 Å². The molecule has 3 rings (SSSR count). The summed E-state index contributed by atoms with van der Waals surface area (Å²) in [6.07, 6.45) is 1.82. The van der Waals surface area contributed by atoms with Crippen molar-refractivity contribution < 1.29 is 14.4 Å². The fourth-order valence-corrected chi connectivity index (χ4v) is 4.14. The standard InChI is InChI=1S/C22H23N3O3S/c1-2-15-5-7-17(8-6-15)24-21(27)18(14-23)20(26)16-9-11-25(12-10-16)22(28)19-4-3-13-29-19/h3-8,13,16,18H,2,9-12H2,1H3,(H,24,27). The van der Waals surface area contributed by atoms with Gasteiger partial charge >= 0.3 is 0 Å². The summed E-state index contributed by atoms with van der Waals surface area (Å²) < 4.78 is 0. The van der Waals surface area contributed by atoms with Gasteiger partial charge in [-0.25, -0.2) is 0 Å². The van der Waals surface area contributed by atoms with Crippen LogP contribution in [0, 0.1) is 23.2 Å². The van der Waals surface area contributed by atoms with Crippen molar-refractivity contribution in [1.29, 1.82) is 5.26 Å². The number of hydrogen-bond acceptors (Lipinski definition) is 5. The number of ketones is 1. The maximum atomic E-state index is 12.8. The molecular weight excluding hydrogens is 386 g/mol. The van der Waals surface area contributed by atoms with E-state index in [0.717, 1.165) is 12.0 Å². The Morgan fingerprint density at radius 1 is 1.21 bits per heavy atom. The van der Waals surface area contributed by atoms with Gasteiger partial charge in [-0.1, -0.05) is 25.1 Å². The summed E-state index contributed by atoms with van der Waals surface area (Å²) in [7, 11) is 0. The van der Waals surface area contributed by atoms with Crippen LogP contribution in [0.4, 0.5) is 5.69 Å². The van der Waals surface area contributed by atoms with E-state index in [0.29, 0.717) is 36.5 Å². The van der Waals surface area contributed by atoms with Crippen LogP contribution >= 0.6 is 11.3 Å². The van der Waals surface area contributed by atoms with E-state index < -0.39 is 11.8 Å². The number of anilines is 1. The van der Waals surface area contributed by atoms with Gasteiger partial charge < -0.3 is 10.2 Å². The molecule has 1 fully saturated rings. The van der Waals surface area contributed by atoms with Crippen molar-refractivity contribution in [1.82, 2.24) is 4.90 Å². The number of benzene rings is 1. The summed E-state index contributed by atoms with van der Waals surface area (Å²) in [6, 6.07) is 12.8. The zero-order chi connectivity index (χ0) is 20.8. The Labute approximate surface area is 174 Å². The van der Waals surface area contributed by atoms with Gasteiger partial charge in [-0.15, -0.1) is 11.3 Å². The summed E-state index contributed by atoms with van der Waals surface area (Å²) in [5, 5.41) is 13.9. The summed E-state index contributed by atoms with van der Waals surface area (Å²) in [4.78, 5) is 40.1. The van der Waals surface area contributed by atoms with Crippen molar-refractivity contribution in [3.8, 4) is 6.07 Å². The highest BCUT2D eigenvalue weighted by molar-refractivity contribution is 7.12. The SMILES string of the molecule is CCc1ccc(NC(=O)C(C#N)C(=O)C2CCN(C(=O)c3cccs3)CC2)cc1. The minimum Gasteiger partial charge on any atom is -0.338 e. The van der Waals surface area contributed by atoms with Crippen LogP contribution in [0.5, 0.6) is 0 Å². The molecule has 0 spiro atoms. The third-order valence-electron chi connectivity index (χ3n) is 5.22. The highest BCUT2D eigenvalue weighted by Gasteiger charge is 2.35. The lowest BCUT2D eigenvalue weighted by Crippen LogP contribution is -2.42. The average molecular weight is 410 g/mol. The molecule has 2 heterocycles. The molecule has 0 aliphatic carbocycles. The number of thiophene rings is 1. The van der Waals surface area contributed by atoms with Crippen molar-refractivity contribution in [3.05, 3.63) is 52.2 Å². The molecule has 150 valence electrons. The molecule has 7 heteroatoms. The number of amides is 2. The van der Waals surface area contributed by atoms with Crippen LogP contribution in [0.3, 0.4) is 0 Å². The van der Waals surface area contributed by atoms with E-state index in [1.807, 2.05) is 36.6 Å². The number of nitrogens with zero attached hydrogens (tertiary/aromatic N) is 2. The minimum absolute atomic E-state index is 0.0315. The number of nitrogens with one attached hydrogen (secondary N) is 1. The fourth-order valence-electron chi connectivity index (χ4n) is 3.45. The number of rotatable bonds is 6. The minimum atomic E-state index is -1.34. The van der Waals surface area contributed by atoms with Gasteiger partial charge in [0.05, 0.1) is 10.9 Å². The van der Waals surface area contributed by atoms with Gasteiger partial charge in [0.2, 0.25) is 5.91 Å². The Morgan fingerprint density at radius 2 is 1.90 bits per heavy atom. The van der Waals surface area contributed by atoms with Gasteiger partial charge in [0.15, 0.2) is 11.7 Å². The second kappa shape index (κ2) is 9.48. The van der Waals surface area contributed by atoms with Crippen molar-refractivity contribution in [2.75, 3.05) is 18.4 Å². The third-order valence-corrected chi connectivity index (χ3v) is 6.08. The van der Waals surface area contributed by atoms with Gasteiger partial charge in [-0.05, 0) is 48.4 Å². The molecule has 0 saturated carbocycles. The second-order valence-corrected chi connectivity index (χ2v) is 8.00. The molecule has 1 aromatic heterocycles. The molecule has 2 aromatic rings. The highest BCUT2D eigenvalue weighted by Crippen LogP contribution is 2.24. The average Bonchev–Trinajstić information content (AvgIpc) is 3.29. The van der Waals surface area contributed by atoms with Gasteiger partial charge in [0.25, 0.3) is 5.91 Å². The maximum absolute atomic E-state index is 12.8. The number of likely N-dealkylation sites (tertiary alicyclic amines) is 1. The third kappa shape index (κ3) is 4.90. The molecule has 1 aromatic carbocycles. The molecule has 1 N–H and O–H groups in total. The fraction of sp³-hybridized carbons (Fsp3) is 0.364. The van der Waals surface area contributed by atoms with Gasteiger partial charge in [0, 0.05) is 24.7 Å². The zero-order valence-corrected chi connectivity index (χ0v) is 17.1. The lowest BCUT2D eigenvalue weighted by atomic mass is 9.85. The summed E-state index contributed by atoms with van der Waals surface area (Å²) in [5.74, 6) is -2.72. The molecule has 1 saturated heterocycles. The van der Waals surface area contributed by atoms with E-state index in [2.05, 4.69) is 5.32 Å². The monoisotopic (exact) mass is 409 g/mol. The van der Waals surface area contributed by atoms with Gasteiger partial charge in [-0.2, -0.15) is 5.26 Å². The summed E-state index contributed by atoms with van der Waals surface area (Å²) >= 11 is 1.39. The molecule has 1 atom stereocenters. The van der Waals surface area contributed by atoms with Crippen LogP contribution in [0.1, 0.15) is 35.0 Å². The Balaban J connectivity index is 1.57. The number of hydrogen-bond donors (Lipinski definition) is 1. The van der Waals surface area contributed by atoms with Crippen LogP contribution < -0.4 is 5.32 Å². The molecule has 1 unspecified atom stereocenters. The quantitative estimate of drug-likeness (QED) is 0.739.